The Kier molecular flexibility index (Phi) is 4.91. The summed E-state index contributed by atoms with van der Waals surface area (Å²) in [4.78, 5) is 25.0. The SMILES string of the molecule is COC(=O)CC(C)Sc1nc(-c2ccncc2)nc2c1CCC2. The van der Waals surface area contributed by atoms with Crippen LogP contribution >= 0.6 is 11.8 Å². The molecule has 2 aromatic heterocycles. The molecule has 0 bridgehead atoms. The lowest BCUT2D eigenvalue weighted by molar-refractivity contribution is -0.140. The first-order valence-electron chi connectivity index (χ1n) is 7.71. The Labute approximate surface area is 139 Å². The number of thioether (sulfide) groups is 1. The van der Waals surface area contributed by atoms with E-state index in [2.05, 4.69) is 4.98 Å². The van der Waals surface area contributed by atoms with Crippen molar-refractivity contribution in [1.82, 2.24) is 15.0 Å². The number of aryl methyl sites for hydroxylation is 1. The maximum Gasteiger partial charge on any atom is 0.306 e. The molecule has 2 aromatic rings. The van der Waals surface area contributed by atoms with Crippen molar-refractivity contribution in [2.45, 2.75) is 42.9 Å². The molecule has 1 unspecified atom stereocenters. The molecule has 5 nitrogen and oxygen atoms in total. The summed E-state index contributed by atoms with van der Waals surface area (Å²) in [5, 5.41) is 1.11. The molecule has 0 radical (unpaired) electrons. The van der Waals surface area contributed by atoms with Crippen LogP contribution in [0.4, 0.5) is 0 Å². The van der Waals surface area contributed by atoms with Gasteiger partial charge >= 0.3 is 5.97 Å². The summed E-state index contributed by atoms with van der Waals surface area (Å²) >= 11 is 1.63. The van der Waals surface area contributed by atoms with Gasteiger partial charge < -0.3 is 4.74 Å². The van der Waals surface area contributed by atoms with Gasteiger partial charge in [0.1, 0.15) is 5.03 Å². The van der Waals surface area contributed by atoms with Gasteiger partial charge in [-0.1, -0.05) is 6.92 Å². The van der Waals surface area contributed by atoms with Crippen molar-refractivity contribution < 1.29 is 9.53 Å². The van der Waals surface area contributed by atoms with Crippen LogP contribution in [0.3, 0.4) is 0 Å². The van der Waals surface area contributed by atoms with E-state index in [1.54, 1.807) is 24.2 Å². The summed E-state index contributed by atoms with van der Waals surface area (Å²) in [6.45, 7) is 2.02. The number of esters is 1. The van der Waals surface area contributed by atoms with Gasteiger partial charge in [-0.15, -0.1) is 11.8 Å². The standard InChI is InChI=1S/C17H19N3O2S/c1-11(10-15(21)22-2)23-17-13-4-3-5-14(13)19-16(20-17)12-6-8-18-9-7-12/h6-9,11H,3-5,10H2,1-2H3. The Bertz CT molecular complexity index is 706. The van der Waals surface area contributed by atoms with E-state index in [4.69, 9.17) is 14.7 Å². The van der Waals surface area contributed by atoms with Gasteiger partial charge in [0.25, 0.3) is 0 Å². The topological polar surface area (TPSA) is 65.0 Å². The number of carbonyl (C=O) groups is 1. The first kappa shape index (κ1) is 15.9. The number of pyridine rings is 1. The zero-order chi connectivity index (χ0) is 16.2. The quantitative estimate of drug-likeness (QED) is 0.477. The number of fused-ring (bicyclic) bond motifs is 1. The summed E-state index contributed by atoms with van der Waals surface area (Å²) in [5.74, 6) is 0.547. The maximum absolute atomic E-state index is 11.5. The zero-order valence-corrected chi connectivity index (χ0v) is 14.1. The molecule has 0 fully saturated rings. The Morgan fingerprint density at radius 3 is 2.83 bits per heavy atom. The molecular weight excluding hydrogens is 310 g/mol. The van der Waals surface area contributed by atoms with E-state index < -0.39 is 0 Å². The fraction of sp³-hybridized carbons (Fsp3) is 0.412. The van der Waals surface area contributed by atoms with Crippen LogP contribution in [0.2, 0.25) is 0 Å². The average molecular weight is 329 g/mol. The highest BCUT2D eigenvalue weighted by Gasteiger charge is 2.22. The lowest BCUT2D eigenvalue weighted by atomic mass is 10.2. The molecule has 0 N–H and O–H groups in total. The van der Waals surface area contributed by atoms with Gasteiger partial charge in [0.2, 0.25) is 0 Å². The third-order valence-corrected chi connectivity index (χ3v) is 4.96. The molecule has 0 saturated carbocycles. The molecule has 0 spiro atoms. The highest BCUT2D eigenvalue weighted by atomic mass is 32.2. The second-order valence-corrected chi connectivity index (χ2v) is 7.00. The number of methoxy groups -OCH3 is 1. The summed E-state index contributed by atoms with van der Waals surface area (Å²) < 4.78 is 4.75. The first-order valence-corrected chi connectivity index (χ1v) is 8.59. The highest BCUT2D eigenvalue weighted by molar-refractivity contribution is 7.99. The van der Waals surface area contributed by atoms with Crippen LogP contribution in [0.15, 0.2) is 29.6 Å². The molecule has 1 aliphatic carbocycles. The molecular formula is C17H19N3O2S. The number of rotatable bonds is 5. The number of hydrogen-bond donors (Lipinski definition) is 0. The van der Waals surface area contributed by atoms with Gasteiger partial charge in [-0.25, -0.2) is 9.97 Å². The van der Waals surface area contributed by atoms with E-state index in [0.717, 1.165) is 41.4 Å². The fourth-order valence-electron chi connectivity index (χ4n) is 2.68. The van der Waals surface area contributed by atoms with Crippen molar-refractivity contribution in [2.75, 3.05) is 7.11 Å². The monoisotopic (exact) mass is 329 g/mol. The van der Waals surface area contributed by atoms with Gasteiger partial charge in [0.05, 0.1) is 13.5 Å². The Morgan fingerprint density at radius 2 is 2.09 bits per heavy atom. The van der Waals surface area contributed by atoms with Crippen molar-refractivity contribution in [3.63, 3.8) is 0 Å². The minimum Gasteiger partial charge on any atom is -0.469 e. The lowest BCUT2D eigenvalue weighted by Gasteiger charge is -2.13. The summed E-state index contributed by atoms with van der Waals surface area (Å²) in [5.41, 5.74) is 3.35. The average Bonchev–Trinajstić information content (AvgIpc) is 3.04. The van der Waals surface area contributed by atoms with Crippen molar-refractivity contribution in [3.8, 4) is 11.4 Å². The van der Waals surface area contributed by atoms with Crippen LogP contribution in [0.25, 0.3) is 11.4 Å². The van der Waals surface area contributed by atoms with E-state index in [-0.39, 0.29) is 11.2 Å². The molecule has 2 heterocycles. The molecule has 0 aliphatic heterocycles. The van der Waals surface area contributed by atoms with Crippen molar-refractivity contribution in [2.24, 2.45) is 0 Å². The maximum atomic E-state index is 11.5. The van der Waals surface area contributed by atoms with E-state index in [1.165, 1.54) is 12.7 Å². The molecule has 3 rings (SSSR count). The van der Waals surface area contributed by atoms with E-state index in [0.29, 0.717) is 6.42 Å². The van der Waals surface area contributed by atoms with Crippen molar-refractivity contribution in [3.05, 3.63) is 35.8 Å². The van der Waals surface area contributed by atoms with E-state index in [9.17, 15) is 4.79 Å². The smallest absolute Gasteiger partial charge is 0.306 e. The van der Waals surface area contributed by atoms with Crippen LogP contribution < -0.4 is 0 Å². The van der Waals surface area contributed by atoms with Crippen molar-refractivity contribution >= 4 is 17.7 Å². The lowest BCUT2D eigenvalue weighted by Crippen LogP contribution is -2.10. The number of aromatic nitrogens is 3. The number of carbonyl (C=O) groups excluding carboxylic acids is 1. The molecule has 0 saturated heterocycles. The van der Waals surface area contributed by atoms with E-state index >= 15 is 0 Å². The largest absolute Gasteiger partial charge is 0.469 e. The Hall–Kier alpha value is -1.95. The second-order valence-electron chi connectivity index (χ2n) is 5.58. The third-order valence-electron chi connectivity index (χ3n) is 3.83. The second kappa shape index (κ2) is 7.08. The zero-order valence-electron chi connectivity index (χ0n) is 13.3. The third kappa shape index (κ3) is 3.69. The van der Waals surface area contributed by atoms with E-state index in [1.807, 2.05) is 19.1 Å². The van der Waals surface area contributed by atoms with Gasteiger partial charge in [-0.2, -0.15) is 0 Å². The normalized spacial score (nSPS) is 14.3. The predicted molar refractivity (Wildman–Crippen MR) is 89.2 cm³/mol. The highest BCUT2D eigenvalue weighted by Crippen LogP contribution is 2.34. The molecule has 0 aromatic carbocycles. The molecule has 6 heteroatoms. The Balaban J connectivity index is 1.90. The molecule has 120 valence electrons. The van der Waals surface area contributed by atoms with Gasteiger partial charge in [0, 0.05) is 34.5 Å². The number of nitrogens with zero attached hydrogens (tertiary/aromatic N) is 3. The first-order chi connectivity index (χ1) is 11.2. The van der Waals surface area contributed by atoms with Gasteiger partial charge in [-0.3, -0.25) is 9.78 Å². The van der Waals surface area contributed by atoms with Crippen molar-refractivity contribution in [1.29, 1.82) is 0 Å². The molecule has 0 amide bonds. The minimum absolute atomic E-state index is 0.118. The summed E-state index contributed by atoms with van der Waals surface area (Å²) in [7, 11) is 1.42. The van der Waals surface area contributed by atoms with Crippen LogP contribution in [0.1, 0.15) is 31.0 Å². The number of hydrogen-bond acceptors (Lipinski definition) is 6. The van der Waals surface area contributed by atoms with Gasteiger partial charge in [-0.05, 0) is 31.4 Å². The molecule has 1 atom stereocenters. The van der Waals surface area contributed by atoms with Gasteiger partial charge in [0.15, 0.2) is 5.82 Å². The summed E-state index contributed by atoms with van der Waals surface area (Å²) in [6.07, 6.45) is 7.00. The van der Waals surface area contributed by atoms with Crippen LogP contribution in [-0.4, -0.2) is 33.3 Å². The minimum atomic E-state index is -0.190. The molecule has 23 heavy (non-hydrogen) atoms. The van der Waals surface area contributed by atoms with Crippen LogP contribution in [-0.2, 0) is 22.4 Å². The number of ether oxygens (including phenoxy) is 1. The predicted octanol–water partition coefficient (Wildman–Crippen LogP) is 3.07. The van der Waals surface area contributed by atoms with Crippen LogP contribution in [0.5, 0.6) is 0 Å². The fourth-order valence-corrected chi connectivity index (χ4v) is 3.78. The summed E-state index contributed by atoms with van der Waals surface area (Å²) in [6, 6.07) is 3.84. The molecule has 1 aliphatic rings. The van der Waals surface area contributed by atoms with Crippen LogP contribution in [0, 0.1) is 0 Å². The Morgan fingerprint density at radius 1 is 1.30 bits per heavy atom.